The number of hydrogen-bond donors (Lipinski definition) is 2. The minimum absolute atomic E-state index is 0.0854. The van der Waals surface area contributed by atoms with Gasteiger partial charge in [0.15, 0.2) is 0 Å². The topological polar surface area (TPSA) is 71.8 Å². The van der Waals surface area contributed by atoms with Gasteiger partial charge in [-0.1, -0.05) is 36.2 Å². The molecule has 0 unspecified atom stereocenters. The van der Waals surface area contributed by atoms with Gasteiger partial charge in [0.25, 0.3) is 5.91 Å². The van der Waals surface area contributed by atoms with Crippen molar-refractivity contribution in [2.45, 2.75) is 26.8 Å². The van der Waals surface area contributed by atoms with E-state index in [1.807, 2.05) is 13.8 Å². The molecule has 0 saturated heterocycles. The number of nitrogens with one attached hydrogen (secondary N) is 2. The molecule has 124 valence electrons. The average Bonchev–Trinajstić information content (AvgIpc) is 2.87. The highest BCUT2D eigenvalue weighted by Gasteiger charge is 2.18. The number of carbonyl (C=O) groups excluding carboxylic acids is 1. The normalized spacial score (nSPS) is 12.2. The fourth-order valence-electron chi connectivity index (χ4n) is 2.13. The molecule has 0 aliphatic rings. The Morgan fingerprint density at radius 1 is 1.35 bits per heavy atom. The largest absolute Gasteiger partial charge is 0.348 e. The Bertz CT molecular complexity index is 681. The second-order valence-corrected chi connectivity index (χ2v) is 5.95. The Kier molecular flexibility index (Phi) is 5.98. The summed E-state index contributed by atoms with van der Waals surface area (Å²) in [4.78, 5) is 16.4. The SMILES string of the molecule is CCN[C@H](C)CNC(=O)c1nc(C)n(-c2c(Cl)cccc2Cl)n1. The van der Waals surface area contributed by atoms with Gasteiger partial charge < -0.3 is 10.6 Å². The van der Waals surface area contributed by atoms with Crippen LogP contribution in [0.25, 0.3) is 5.69 Å². The molecule has 0 saturated carbocycles. The number of benzene rings is 1. The molecule has 1 heterocycles. The van der Waals surface area contributed by atoms with Gasteiger partial charge in [-0.15, -0.1) is 5.10 Å². The lowest BCUT2D eigenvalue weighted by Crippen LogP contribution is -2.39. The predicted octanol–water partition coefficient (Wildman–Crippen LogP) is 2.61. The second-order valence-electron chi connectivity index (χ2n) is 5.13. The van der Waals surface area contributed by atoms with E-state index in [-0.39, 0.29) is 17.8 Å². The smallest absolute Gasteiger partial charge is 0.291 e. The highest BCUT2D eigenvalue weighted by Crippen LogP contribution is 2.28. The molecule has 0 aliphatic carbocycles. The predicted molar refractivity (Wildman–Crippen MR) is 91.6 cm³/mol. The van der Waals surface area contributed by atoms with Gasteiger partial charge >= 0.3 is 0 Å². The lowest BCUT2D eigenvalue weighted by atomic mass is 10.3. The summed E-state index contributed by atoms with van der Waals surface area (Å²) in [5, 5.41) is 11.1. The van der Waals surface area contributed by atoms with Gasteiger partial charge in [0.2, 0.25) is 5.82 Å². The third-order valence-corrected chi connectivity index (χ3v) is 3.85. The summed E-state index contributed by atoms with van der Waals surface area (Å²) in [6.07, 6.45) is 0. The summed E-state index contributed by atoms with van der Waals surface area (Å²) in [5.74, 6) is 0.284. The van der Waals surface area contributed by atoms with Crippen LogP contribution in [0.1, 0.15) is 30.3 Å². The van der Waals surface area contributed by atoms with Gasteiger partial charge in [-0.05, 0) is 32.5 Å². The minimum atomic E-state index is -0.334. The van der Waals surface area contributed by atoms with Crippen molar-refractivity contribution in [3.63, 3.8) is 0 Å². The molecule has 0 fully saturated rings. The Balaban J connectivity index is 2.20. The van der Waals surface area contributed by atoms with Crippen LogP contribution in [-0.4, -0.2) is 39.8 Å². The number of likely N-dealkylation sites (N-methyl/N-ethyl adjacent to an activating group) is 1. The zero-order chi connectivity index (χ0) is 17.0. The van der Waals surface area contributed by atoms with Crippen molar-refractivity contribution in [1.82, 2.24) is 25.4 Å². The number of carbonyl (C=O) groups is 1. The van der Waals surface area contributed by atoms with Crippen LogP contribution < -0.4 is 10.6 Å². The number of amides is 1. The Morgan fingerprint density at radius 3 is 2.61 bits per heavy atom. The summed E-state index contributed by atoms with van der Waals surface area (Å²) in [6, 6.07) is 5.34. The summed E-state index contributed by atoms with van der Waals surface area (Å²) in [5.41, 5.74) is 0.515. The van der Waals surface area contributed by atoms with E-state index in [9.17, 15) is 4.79 Å². The zero-order valence-electron chi connectivity index (χ0n) is 13.2. The van der Waals surface area contributed by atoms with E-state index in [1.54, 1.807) is 25.1 Å². The molecule has 0 radical (unpaired) electrons. The minimum Gasteiger partial charge on any atom is -0.348 e. The van der Waals surface area contributed by atoms with Crippen LogP contribution in [0.3, 0.4) is 0 Å². The maximum atomic E-state index is 12.2. The number of rotatable bonds is 6. The Morgan fingerprint density at radius 2 is 2.00 bits per heavy atom. The molecule has 1 atom stereocenters. The van der Waals surface area contributed by atoms with Crippen LogP contribution in [0.15, 0.2) is 18.2 Å². The second kappa shape index (κ2) is 7.77. The standard InChI is InChI=1S/C15H19Cl2N5O/c1-4-18-9(2)8-19-15(23)14-20-10(3)22(21-14)13-11(16)6-5-7-12(13)17/h5-7,9,18H,4,8H2,1-3H3,(H,19,23)/t9-/m1/s1. The first-order valence-corrected chi connectivity index (χ1v) is 8.09. The maximum Gasteiger partial charge on any atom is 0.291 e. The molecule has 1 aromatic carbocycles. The molecular formula is C15H19Cl2N5O. The molecule has 2 N–H and O–H groups in total. The van der Waals surface area contributed by atoms with E-state index in [0.717, 1.165) is 6.54 Å². The van der Waals surface area contributed by atoms with E-state index in [1.165, 1.54) is 4.68 Å². The van der Waals surface area contributed by atoms with E-state index in [2.05, 4.69) is 20.7 Å². The molecular weight excluding hydrogens is 337 g/mol. The number of hydrogen-bond acceptors (Lipinski definition) is 4. The van der Waals surface area contributed by atoms with Crippen LogP contribution in [0, 0.1) is 6.92 Å². The van der Waals surface area contributed by atoms with Crippen LogP contribution in [0.2, 0.25) is 10.0 Å². The monoisotopic (exact) mass is 355 g/mol. The van der Waals surface area contributed by atoms with E-state index < -0.39 is 0 Å². The fraction of sp³-hybridized carbons (Fsp3) is 0.400. The van der Waals surface area contributed by atoms with Gasteiger partial charge in [0, 0.05) is 12.6 Å². The maximum absolute atomic E-state index is 12.2. The molecule has 6 nitrogen and oxygen atoms in total. The molecule has 1 aromatic heterocycles. The van der Waals surface area contributed by atoms with Crippen LogP contribution in [0.5, 0.6) is 0 Å². The lowest BCUT2D eigenvalue weighted by Gasteiger charge is -2.12. The van der Waals surface area contributed by atoms with Gasteiger partial charge in [-0.2, -0.15) is 0 Å². The third kappa shape index (κ3) is 4.22. The Hall–Kier alpha value is -1.63. The van der Waals surface area contributed by atoms with Crippen molar-refractivity contribution in [2.75, 3.05) is 13.1 Å². The number of halogens is 2. The molecule has 23 heavy (non-hydrogen) atoms. The first kappa shape index (κ1) is 17.7. The van der Waals surface area contributed by atoms with Crippen molar-refractivity contribution < 1.29 is 4.79 Å². The number of nitrogens with zero attached hydrogens (tertiary/aromatic N) is 3. The molecule has 0 aliphatic heterocycles. The van der Waals surface area contributed by atoms with Gasteiger partial charge in [-0.25, -0.2) is 9.67 Å². The molecule has 1 amide bonds. The van der Waals surface area contributed by atoms with Crippen molar-refractivity contribution in [1.29, 1.82) is 0 Å². The highest BCUT2D eigenvalue weighted by atomic mass is 35.5. The third-order valence-electron chi connectivity index (χ3n) is 3.24. The van der Waals surface area contributed by atoms with Crippen molar-refractivity contribution in [2.24, 2.45) is 0 Å². The van der Waals surface area contributed by atoms with E-state index >= 15 is 0 Å². The molecule has 8 heteroatoms. The first-order chi connectivity index (χ1) is 10.9. The van der Waals surface area contributed by atoms with Crippen LogP contribution in [0.4, 0.5) is 0 Å². The zero-order valence-corrected chi connectivity index (χ0v) is 14.7. The highest BCUT2D eigenvalue weighted by molar-refractivity contribution is 6.37. The van der Waals surface area contributed by atoms with E-state index in [0.29, 0.717) is 28.1 Å². The molecule has 2 aromatic rings. The fourth-order valence-corrected chi connectivity index (χ4v) is 2.69. The van der Waals surface area contributed by atoms with E-state index in [4.69, 9.17) is 23.2 Å². The first-order valence-electron chi connectivity index (χ1n) is 7.33. The van der Waals surface area contributed by atoms with Gasteiger partial charge in [-0.3, -0.25) is 4.79 Å². The van der Waals surface area contributed by atoms with Gasteiger partial charge in [0.05, 0.1) is 10.0 Å². The van der Waals surface area contributed by atoms with Crippen LogP contribution in [-0.2, 0) is 0 Å². The molecule has 0 spiro atoms. The molecule has 0 bridgehead atoms. The van der Waals surface area contributed by atoms with Crippen molar-refractivity contribution in [3.8, 4) is 5.69 Å². The average molecular weight is 356 g/mol. The van der Waals surface area contributed by atoms with Crippen LogP contribution >= 0.6 is 23.2 Å². The number of para-hydroxylation sites is 1. The molecule has 2 rings (SSSR count). The quantitative estimate of drug-likeness (QED) is 0.835. The number of aryl methyl sites for hydroxylation is 1. The van der Waals surface area contributed by atoms with Gasteiger partial charge in [0.1, 0.15) is 11.5 Å². The number of aromatic nitrogens is 3. The summed E-state index contributed by atoms with van der Waals surface area (Å²) in [7, 11) is 0. The Labute approximate surface area is 145 Å². The lowest BCUT2D eigenvalue weighted by molar-refractivity contribution is 0.0940. The summed E-state index contributed by atoms with van der Waals surface area (Å²) < 4.78 is 1.48. The summed E-state index contributed by atoms with van der Waals surface area (Å²) in [6.45, 7) is 7.08. The van der Waals surface area contributed by atoms with Crippen molar-refractivity contribution in [3.05, 3.63) is 39.9 Å². The summed E-state index contributed by atoms with van der Waals surface area (Å²) >= 11 is 12.4. The van der Waals surface area contributed by atoms with Crippen molar-refractivity contribution >= 4 is 29.1 Å².